The van der Waals surface area contributed by atoms with E-state index in [9.17, 15) is 0 Å². The molecule has 0 saturated carbocycles. The summed E-state index contributed by atoms with van der Waals surface area (Å²) in [5.41, 5.74) is 6.58. The molecule has 5 nitrogen and oxygen atoms in total. The van der Waals surface area contributed by atoms with Crippen LogP contribution in [0.25, 0.3) is 11.1 Å². The average Bonchev–Trinajstić information content (AvgIpc) is 3.77. The molecule has 1 aliphatic heterocycles. The summed E-state index contributed by atoms with van der Waals surface area (Å²) in [6.45, 7) is 3.10. The molecule has 0 bridgehead atoms. The highest BCUT2D eigenvalue weighted by Gasteiger charge is 2.21. The van der Waals surface area contributed by atoms with E-state index >= 15 is 0 Å². The van der Waals surface area contributed by atoms with E-state index in [4.69, 9.17) is 14.2 Å². The van der Waals surface area contributed by atoms with Gasteiger partial charge in [0, 0.05) is 35.4 Å². The third-order valence-corrected chi connectivity index (χ3v) is 6.20. The molecule has 1 heterocycles. The van der Waals surface area contributed by atoms with E-state index in [1.165, 1.54) is 11.1 Å². The van der Waals surface area contributed by atoms with Gasteiger partial charge in [-0.3, -0.25) is 0 Å². The summed E-state index contributed by atoms with van der Waals surface area (Å²) in [5.74, 6) is 0.882. The lowest BCUT2D eigenvalue weighted by Crippen LogP contribution is -2.03. The maximum Gasteiger partial charge on any atom is 0.121 e. The minimum atomic E-state index is 0.350. The van der Waals surface area contributed by atoms with Crippen LogP contribution in [-0.2, 0) is 9.47 Å². The Bertz CT molecular complexity index is 1220. The summed E-state index contributed by atoms with van der Waals surface area (Å²) in [4.78, 5) is 0. The Morgan fingerprint density at radius 1 is 0.622 bits per heavy atom. The van der Waals surface area contributed by atoms with Crippen LogP contribution in [0.3, 0.4) is 0 Å². The normalized spacial score (nSPS) is 14.2. The number of anilines is 4. The zero-order chi connectivity index (χ0) is 25.1. The number of ether oxygens (including phenoxy) is 3. The Kier molecular flexibility index (Phi) is 8.71. The van der Waals surface area contributed by atoms with Gasteiger partial charge in [0.05, 0.1) is 19.8 Å². The van der Waals surface area contributed by atoms with E-state index in [-0.39, 0.29) is 0 Å². The Morgan fingerprint density at radius 2 is 1.22 bits per heavy atom. The third kappa shape index (κ3) is 8.10. The number of hydrogen-bond donors (Lipinski definition) is 2. The minimum Gasteiger partial charge on any atom is -0.494 e. The topological polar surface area (TPSA) is 55.0 Å². The number of epoxide rings is 1. The Hall–Kier alpha value is -3.80. The van der Waals surface area contributed by atoms with E-state index in [0.717, 1.165) is 67.6 Å². The predicted octanol–water partition coefficient (Wildman–Crippen LogP) is 7.81. The number of benzene rings is 4. The van der Waals surface area contributed by atoms with Crippen molar-refractivity contribution in [3.05, 3.63) is 103 Å². The molecule has 2 N–H and O–H groups in total. The molecule has 1 aliphatic rings. The van der Waals surface area contributed by atoms with Gasteiger partial charge in [0.1, 0.15) is 11.9 Å². The highest BCUT2D eigenvalue weighted by Crippen LogP contribution is 2.27. The summed E-state index contributed by atoms with van der Waals surface area (Å²) in [6, 6.07) is 35.3. The van der Waals surface area contributed by atoms with Crippen LogP contribution in [0, 0.1) is 0 Å². The van der Waals surface area contributed by atoms with Gasteiger partial charge in [-0.1, -0.05) is 48.5 Å². The number of rotatable bonds is 14. The molecule has 1 fully saturated rings. The number of unbranched alkanes of at least 4 members (excludes halogenated alkanes) is 2. The molecule has 0 aliphatic carbocycles. The summed E-state index contributed by atoms with van der Waals surface area (Å²) in [7, 11) is 0. The average molecular weight is 495 g/mol. The molecule has 0 aromatic heterocycles. The summed E-state index contributed by atoms with van der Waals surface area (Å²) < 4.78 is 16.7. The lowest BCUT2D eigenvalue weighted by Gasteiger charge is -2.11. The van der Waals surface area contributed by atoms with Crippen molar-refractivity contribution in [3.63, 3.8) is 0 Å². The highest BCUT2D eigenvalue weighted by atomic mass is 16.6. The Labute approximate surface area is 219 Å². The van der Waals surface area contributed by atoms with Crippen LogP contribution in [0.15, 0.2) is 103 Å². The standard InChI is InChI=1S/C32H34N2O3/c1-3-8-27(9-4-1)33-28-16-12-25(13-17-28)26-14-18-29(19-15-26)34-30-10-7-11-31(22-30)36-21-6-2-5-20-35-23-32-24-37-32/h1,3-4,7-19,22,32-34H,2,5-6,20-21,23-24H2. The van der Waals surface area contributed by atoms with Gasteiger partial charge in [0.15, 0.2) is 0 Å². The number of nitrogens with one attached hydrogen (secondary N) is 2. The molecule has 37 heavy (non-hydrogen) atoms. The van der Waals surface area contributed by atoms with Crippen LogP contribution >= 0.6 is 0 Å². The van der Waals surface area contributed by atoms with Gasteiger partial charge in [0.2, 0.25) is 0 Å². The molecule has 1 atom stereocenters. The smallest absolute Gasteiger partial charge is 0.121 e. The largest absolute Gasteiger partial charge is 0.494 e. The summed E-state index contributed by atoms with van der Waals surface area (Å²) >= 11 is 0. The first-order valence-electron chi connectivity index (χ1n) is 13.0. The quantitative estimate of drug-likeness (QED) is 0.138. The van der Waals surface area contributed by atoms with Crippen LogP contribution < -0.4 is 15.4 Å². The second-order valence-electron chi connectivity index (χ2n) is 9.24. The van der Waals surface area contributed by atoms with E-state index in [1.54, 1.807) is 0 Å². The first-order chi connectivity index (χ1) is 18.3. The number of para-hydroxylation sites is 1. The Morgan fingerprint density at radius 3 is 1.89 bits per heavy atom. The molecule has 4 aromatic rings. The zero-order valence-electron chi connectivity index (χ0n) is 21.1. The first kappa shape index (κ1) is 24.9. The maximum absolute atomic E-state index is 5.96. The molecule has 5 rings (SSSR count). The van der Waals surface area contributed by atoms with Crippen LogP contribution in [0.1, 0.15) is 19.3 Å². The van der Waals surface area contributed by atoms with E-state index < -0.39 is 0 Å². The third-order valence-electron chi connectivity index (χ3n) is 6.20. The zero-order valence-corrected chi connectivity index (χ0v) is 21.1. The van der Waals surface area contributed by atoms with Crippen LogP contribution in [0.4, 0.5) is 22.7 Å². The molecule has 0 radical (unpaired) electrons. The van der Waals surface area contributed by atoms with Crippen molar-refractivity contribution in [2.24, 2.45) is 0 Å². The van der Waals surface area contributed by atoms with E-state index in [0.29, 0.717) is 12.7 Å². The second-order valence-corrected chi connectivity index (χ2v) is 9.24. The molecule has 0 spiro atoms. The van der Waals surface area contributed by atoms with Crippen molar-refractivity contribution < 1.29 is 14.2 Å². The van der Waals surface area contributed by atoms with Crippen LogP contribution in [0.2, 0.25) is 0 Å². The van der Waals surface area contributed by atoms with Crippen molar-refractivity contribution in [3.8, 4) is 16.9 Å². The van der Waals surface area contributed by atoms with E-state index in [1.807, 2.05) is 36.4 Å². The molecule has 0 amide bonds. The fourth-order valence-corrected chi connectivity index (χ4v) is 4.06. The molecular formula is C32H34N2O3. The number of hydrogen-bond acceptors (Lipinski definition) is 5. The lowest BCUT2D eigenvalue weighted by atomic mass is 10.0. The molecule has 4 aromatic carbocycles. The lowest BCUT2D eigenvalue weighted by molar-refractivity contribution is 0.112. The van der Waals surface area contributed by atoms with Crippen LogP contribution in [-0.4, -0.2) is 32.5 Å². The van der Waals surface area contributed by atoms with Crippen LogP contribution in [0.5, 0.6) is 5.75 Å². The van der Waals surface area contributed by atoms with Gasteiger partial charge in [-0.05, 0) is 78.9 Å². The van der Waals surface area contributed by atoms with Gasteiger partial charge in [-0.15, -0.1) is 0 Å². The summed E-state index contributed by atoms with van der Waals surface area (Å²) in [5, 5.41) is 6.91. The molecule has 5 heteroatoms. The predicted molar refractivity (Wildman–Crippen MR) is 151 cm³/mol. The highest BCUT2D eigenvalue weighted by molar-refractivity contribution is 5.71. The fourth-order valence-electron chi connectivity index (χ4n) is 4.06. The van der Waals surface area contributed by atoms with Crippen molar-refractivity contribution in [1.29, 1.82) is 0 Å². The SMILES string of the molecule is c1ccc(Nc2ccc(-c3ccc(Nc4cccc(OCCCCCOCC5CO5)c4)cc3)cc2)cc1. The van der Waals surface area contributed by atoms with Gasteiger partial charge in [-0.2, -0.15) is 0 Å². The Balaban J connectivity index is 1.07. The first-order valence-corrected chi connectivity index (χ1v) is 13.0. The van der Waals surface area contributed by atoms with Crippen molar-refractivity contribution in [1.82, 2.24) is 0 Å². The monoisotopic (exact) mass is 494 g/mol. The van der Waals surface area contributed by atoms with Gasteiger partial charge in [0.25, 0.3) is 0 Å². The van der Waals surface area contributed by atoms with Crippen molar-refractivity contribution >= 4 is 22.7 Å². The van der Waals surface area contributed by atoms with Gasteiger partial charge >= 0.3 is 0 Å². The summed E-state index contributed by atoms with van der Waals surface area (Å²) in [6.07, 6.45) is 3.53. The van der Waals surface area contributed by atoms with Gasteiger partial charge in [-0.25, -0.2) is 0 Å². The van der Waals surface area contributed by atoms with Gasteiger partial charge < -0.3 is 24.8 Å². The fraction of sp³-hybridized carbons (Fsp3) is 0.250. The molecule has 190 valence electrons. The van der Waals surface area contributed by atoms with Crippen molar-refractivity contribution in [2.75, 3.05) is 37.1 Å². The van der Waals surface area contributed by atoms with E-state index in [2.05, 4.69) is 77.4 Å². The maximum atomic E-state index is 5.96. The molecule has 1 unspecified atom stereocenters. The second kappa shape index (κ2) is 12.9. The molecule has 1 saturated heterocycles. The van der Waals surface area contributed by atoms with Crippen molar-refractivity contribution in [2.45, 2.75) is 25.4 Å². The molecular weight excluding hydrogens is 460 g/mol. The minimum absolute atomic E-state index is 0.350.